The highest BCUT2D eigenvalue weighted by Gasteiger charge is 2.28. The van der Waals surface area contributed by atoms with E-state index in [4.69, 9.17) is 9.47 Å². The van der Waals surface area contributed by atoms with Crippen LogP contribution >= 0.6 is 15.9 Å². The van der Waals surface area contributed by atoms with E-state index in [-0.39, 0.29) is 0 Å². The molecular formula is C31H41BrFN7O3. The minimum absolute atomic E-state index is 0.299. The van der Waals surface area contributed by atoms with Crippen molar-refractivity contribution in [2.24, 2.45) is 0 Å². The lowest BCUT2D eigenvalue weighted by Crippen LogP contribution is -2.52. The fraction of sp³-hybridized carbons (Fsp3) is 0.484. The molecule has 3 aromatic rings. The van der Waals surface area contributed by atoms with Crippen LogP contribution in [0.25, 0.3) is 0 Å². The number of nitrogens with one attached hydrogen (secondary N) is 2. The number of rotatable bonds is 9. The van der Waals surface area contributed by atoms with Crippen LogP contribution in [-0.4, -0.2) is 91.5 Å². The molecule has 0 radical (unpaired) electrons. The van der Waals surface area contributed by atoms with Gasteiger partial charge in [0.1, 0.15) is 23.1 Å². The molecule has 0 bridgehead atoms. The maximum atomic E-state index is 14.1. The van der Waals surface area contributed by atoms with Gasteiger partial charge >= 0.3 is 0 Å². The summed E-state index contributed by atoms with van der Waals surface area (Å²) in [6.45, 7) is 9.71. The molecule has 0 aliphatic carbocycles. The molecule has 232 valence electrons. The van der Waals surface area contributed by atoms with Crippen molar-refractivity contribution in [2.75, 3.05) is 76.1 Å². The monoisotopic (exact) mass is 657 g/mol. The first-order valence-corrected chi connectivity index (χ1v) is 15.4. The van der Waals surface area contributed by atoms with Gasteiger partial charge in [-0.3, -0.25) is 4.90 Å². The second-order valence-corrected chi connectivity index (χ2v) is 12.5. The largest absolute Gasteiger partial charge is 0.494 e. The van der Waals surface area contributed by atoms with Crippen LogP contribution in [-0.2, 0) is 5.60 Å². The first kappa shape index (κ1) is 31.2. The molecule has 0 amide bonds. The van der Waals surface area contributed by atoms with Crippen molar-refractivity contribution in [2.45, 2.75) is 38.3 Å². The van der Waals surface area contributed by atoms with Crippen LogP contribution in [0.3, 0.4) is 0 Å². The van der Waals surface area contributed by atoms with Gasteiger partial charge < -0.3 is 35.0 Å². The van der Waals surface area contributed by atoms with E-state index in [1.807, 2.05) is 12.1 Å². The van der Waals surface area contributed by atoms with Crippen molar-refractivity contribution in [1.29, 1.82) is 0 Å². The Labute approximate surface area is 261 Å². The summed E-state index contributed by atoms with van der Waals surface area (Å²) in [4.78, 5) is 16.4. The average molecular weight is 659 g/mol. The topological polar surface area (TPSA) is 98.2 Å². The number of anilines is 5. The van der Waals surface area contributed by atoms with Gasteiger partial charge in [0.2, 0.25) is 5.95 Å². The summed E-state index contributed by atoms with van der Waals surface area (Å²) in [5.74, 6) is 1.63. The summed E-state index contributed by atoms with van der Waals surface area (Å²) >= 11 is 3.48. The van der Waals surface area contributed by atoms with Crippen LogP contribution in [0.4, 0.5) is 33.2 Å². The van der Waals surface area contributed by atoms with Gasteiger partial charge in [-0.1, -0.05) is 6.07 Å². The highest BCUT2D eigenvalue weighted by Crippen LogP contribution is 2.41. The van der Waals surface area contributed by atoms with E-state index in [1.54, 1.807) is 40.3 Å². The van der Waals surface area contributed by atoms with E-state index in [0.717, 1.165) is 63.5 Å². The van der Waals surface area contributed by atoms with Crippen LogP contribution in [0, 0.1) is 5.82 Å². The smallest absolute Gasteiger partial charge is 0.229 e. The van der Waals surface area contributed by atoms with Gasteiger partial charge in [0.05, 0.1) is 35.7 Å². The number of aliphatic hydroxyl groups is 1. The maximum absolute atomic E-state index is 14.1. The molecular weight excluding hydrogens is 617 g/mol. The summed E-state index contributed by atoms with van der Waals surface area (Å²) in [6, 6.07) is 8.72. The number of likely N-dealkylation sites (N-methyl/N-ethyl adjacent to an activating group) is 1. The number of benzene rings is 2. The molecule has 12 heteroatoms. The Kier molecular flexibility index (Phi) is 9.60. The van der Waals surface area contributed by atoms with E-state index < -0.39 is 11.4 Å². The Bertz CT molecular complexity index is 1420. The molecule has 2 saturated heterocycles. The highest BCUT2D eigenvalue weighted by molar-refractivity contribution is 9.10. The third-order valence-corrected chi connectivity index (χ3v) is 8.83. The number of hydrogen-bond acceptors (Lipinski definition) is 10. The van der Waals surface area contributed by atoms with Gasteiger partial charge in [0.25, 0.3) is 0 Å². The number of methoxy groups -OCH3 is 2. The number of nitrogens with zero attached hydrogens (tertiary/aromatic N) is 5. The lowest BCUT2D eigenvalue weighted by atomic mass is 9.96. The second kappa shape index (κ2) is 13.2. The molecule has 3 N–H and O–H groups in total. The number of piperazine rings is 1. The minimum atomic E-state index is -1.19. The van der Waals surface area contributed by atoms with E-state index >= 15 is 0 Å². The predicted molar refractivity (Wildman–Crippen MR) is 172 cm³/mol. The van der Waals surface area contributed by atoms with Gasteiger partial charge in [0, 0.05) is 74.9 Å². The summed E-state index contributed by atoms with van der Waals surface area (Å²) < 4.78 is 26.3. The molecule has 3 heterocycles. The number of ether oxygens (including phenoxy) is 2. The first-order valence-electron chi connectivity index (χ1n) is 14.6. The third kappa shape index (κ3) is 7.31. The van der Waals surface area contributed by atoms with E-state index in [9.17, 15) is 9.50 Å². The van der Waals surface area contributed by atoms with Crippen LogP contribution < -0.4 is 25.0 Å². The number of hydrogen-bond donors (Lipinski definition) is 3. The average Bonchev–Trinajstić information content (AvgIpc) is 2.98. The van der Waals surface area contributed by atoms with E-state index in [0.29, 0.717) is 45.0 Å². The van der Waals surface area contributed by atoms with Crippen molar-refractivity contribution in [3.05, 3.63) is 52.4 Å². The fourth-order valence-electron chi connectivity index (χ4n) is 5.80. The Morgan fingerprint density at radius 3 is 2.30 bits per heavy atom. The Balaban J connectivity index is 1.34. The molecule has 2 aliphatic rings. The summed E-state index contributed by atoms with van der Waals surface area (Å²) in [5, 5.41) is 17.0. The Morgan fingerprint density at radius 1 is 0.953 bits per heavy atom. The molecule has 2 aliphatic heterocycles. The SMILES string of the molecule is COc1cc(N2CCC(N3CCN(C)CC3)CC2)c(OC)cc1Nc1ncc(Br)c(Nc2cc(F)ccc2C(C)(C)O)n1. The molecule has 0 saturated carbocycles. The van der Waals surface area contributed by atoms with Crippen LogP contribution in [0.5, 0.6) is 11.5 Å². The number of aromatic nitrogens is 2. The van der Waals surface area contributed by atoms with Crippen molar-refractivity contribution in [3.63, 3.8) is 0 Å². The first-order chi connectivity index (χ1) is 20.5. The van der Waals surface area contributed by atoms with E-state index in [2.05, 4.69) is 58.3 Å². The number of piperidine rings is 1. The van der Waals surface area contributed by atoms with Crippen molar-refractivity contribution < 1.29 is 19.0 Å². The standard InChI is InChI=1S/C31H41BrFN7O3/c1-31(2,41)22-7-6-20(33)16-24(22)35-29-23(32)19-34-30(37-29)36-25-17-28(43-5)26(18-27(25)42-4)40-10-8-21(9-11-40)39-14-12-38(3)13-15-39/h6-7,16-19,21,41H,8-15H2,1-5H3,(H2,34,35,36,37). The van der Waals surface area contributed by atoms with Gasteiger partial charge in [-0.15, -0.1) is 0 Å². The molecule has 5 rings (SSSR count). The van der Waals surface area contributed by atoms with E-state index in [1.165, 1.54) is 12.1 Å². The molecule has 0 atom stereocenters. The number of halogens is 2. The zero-order valence-corrected chi connectivity index (χ0v) is 27.0. The molecule has 43 heavy (non-hydrogen) atoms. The normalized spacial score (nSPS) is 17.2. The molecule has 0 unspecified atom stereocenters. The molecule has 2 fully saturated rings. The zero-order chi connectivity index (χ0) is 30.7. The summed E-state index contributed by atoms with van der Waals surface area (Å²) in [5.41, 5.74) is 1.38. The molecule has 2 aromatic carbocycles. The summed E-state index contributed by atoms with van der Waals surface area (Å²) in [6.07, 6.45) is 3.82. The van der Waals surface area contributed by atoms with Gasteiger partial charge in [0.15, 0.2) is 0 Å². The highest BCUT2D eigenvalue weighted by atomic mass is 79.9. The van der Waals surface area contributed by atoms with Gasteiger partial charge in [-0.25, -0.2) is 9.37 Å². The van der Waals surface area contributed by atoms with Crippen LogP contribution in [0.1, 0.15) is 32.3 Å². The van der Waals surface area contributed by atoms with Crippen molar-refractivity contribution >= 4 is 44.8 Å². The van der Waals surface area contributed by atoms with Crippen molar-refractivity contribution in [3.8, 4) is 11.5 Å². The molecule has 0 spiro atoms. The minimum Gasteiger partial charge on any atom is -0.494 e. The lowest BCUT2D eigenvalue weighted by molar-refractivity contribution is 0.0793. The molecule has 10 nitrogen and oxygen atoms in total. The Hall–Kier alpha value is -3.19. The van der Waals surface area contributed by atoms with Crippen LogP contribution in [0.15, 0.2) is 41.0 Å². The maximum Gasteiger partial charge on any atom is 0.229 e. The second-order valence-electron chi connectivity index (χ2n) is 11.7. The van der Waals surface area contributed by atoms with Gasteiger partial charge in [-0.2, -0.15) is 4.98 Å². The third-order valence-electron chi connectivity index (χ3n) is 8.24. The van der Waals surface area contributed by atoms with Crippen molar-refractivity contribution in [1.82, 2.24) is 19.8 Å². The van der Waals surface area contributed by atoms with Crippen LogP contribution in [0.2, 0.25) is 0 Å². The lowest BCUT2D eigenvalue weighted by Gasteiger charge is -2.42. The molecule has 1 aromatic heterocycles. The predicted octanol–water partition coefficient (Wildman–Crippen LogP) is 5.33. The Morgan fingerprint density at radius 2 is 1.65 bits per heavy atom. The van der Waals surface area contributed by atoms with Gasteiger partial charge in [-0.05, 0) is 61.8 Å². The zero-order valence-electron chi connectivity index (χ0n) is 25.5. The fourth-order valence-corrected chi connectivity index (χ4v) is 6.09. The quantitative estimate of drug-likeness (QED) is 0.280. The summed E-state index contributed by atoms with van der Waals surface area (Å²) in [7, 11) is 5.50.